The summed E-state index contributed by atoms with van der Waals surface area (Å²) in [7, 11) is 0. The highest BCUT2D eigenvalue weighted by Crippen LogP contribution is 2.40. The standard InChI is InChI=1S/C14H16N2O3/c1-2-19-14(18)15-9-13(17)16(10-7-8-10)12-6-4-3-5-11(12)15/h3-6,10H,2,7-9H2,1H3. The molecule has 1 saturated carbocycles. The van der Waals surface area contributed by atoms with Crippen LogP contribution in [0.2, 0.25) is 0 Å². The zero-order chi connectivity index (χ0) is 13.4. The summed E-state index contributed by atoms with van der Waals surface area (Å²) < 4.78 is 5.01. The Morgan fingerprint density at radius 2 is 2.00 bits per heavy atom. The van der Waals surface area contributed by atoms with Crippen molar-refractivity contribution in [2.75, 3.05) is 23.0 Å². The maximum Gasteiger partial charge on any atom is 0.414 e. The van der Waals surface area contributed by atoms with E-state index in [-0.39, 0.29) is 12.5 Å². The predicted molar refractivity (Wildman–Crippen MR) is 71.3 cm³/mol. The van der Waals surface area contributed by atoms with Gasteiger partial charge in [0.2, 0.25) is 5.91 Å². The van der Waals surface area contributed by atoms with Gasteiger partial charge in [-0.05, 0) is 31.9 Å². The van der Waals surface area contributed by atoms with Crippen LogP contribution < -0.4 is 9.80 Å². The first-order valence-electron chi connectivity index (χ1n) is 6.57. The van der Waals surface area contributed by atoms with Crippen LogP contribution in [0.4, 0.5) is 16.2 Å². The molecule has 0 N–H and O–H groups in total. The number of para-hydroxylation sites is 2. The molecule has 3 rings (SSSR count). The third-order valence-corrected chi connectivity index (χ3v) is 3.39. The topological polar surface area (TPSA) is 49.9 Å². The Bertz CT molecular complexity index is 525. The molecule has 100 valence electrons. The fraction of sp³-hybridized carbons (Fsp3) is 0.429. The first-order valence-corrected chi connectivity index (χ1v) is 6.57. The molecule has 1 fully saturated rings. The van der Waals surface area contributed by atoms with E-state index < -0.39 is 6.09 Å². The van der Waals surface area contributed by atoms with Gasteiger partial charge in [0.05, 0.1) is 18.0 Å². The normalized spacial score (nSPS) is 18.3. The smallest absolute Gasteiger partial charge is 0.414 e. The highest BCUT2D eigenvalue weighted by molar-refractivity contribution is 6.10. The minimum absolute atomic E-state index is 0.0331. The molecule has 19 heavy (non-hydrogen) atoms. The summed E-state index contributed by atoms with van der Waals surface area (Å²) >= 11 is 0. The van der Waals surface area contributed by atoms with Crippen molar-refractivity contribution in [1.82, 2.24) is 0 Å². The van der Waals surface area contributed by atoms with Crippen molar-refractivity contribution in [3.05, 3.63) is 24.3 Å². The molecular weight excluding hydrogens is 244 g/mol. The van der Waals surface area contributed by atoms with Gasteiger partial charge >= 0.3 is 6.09 Å². The summed E-state index contributed by atoms with van der Waals surface area (Å²) in [4.78, 5) is 27.4. The summed E-state index contributed by atoms with van der Waals surface area (Å²) in [6.45, 7) is 2.12. The lowest BCUT2D eigenvalue weighted by Crippen LogP contribution is -2.49. The summed E-state index contributed by atoms with van der Waals surface area (Å²) in [6.07, 6.45) is 1.62. The fourth-order valence-corrected chi connectivity index (χ4v) is 2.42. The van der Waals surface area contributed by atoms with E-state index in [1.807, 2.05) is 29.2 Å². The van der Waals surface area contributed by atoms with E-state index in [1.54, 1.807) is 6.92 Å². The van der Waals surface area contributed by atoms with Crippen LogP contribution in [0.3, 0.4) is 0 Å². The molecule has 0 unspecified atom stereocenters. The molecule has 1 aromatic rings. The third kappa shape index (κ3) is 2.05. The van der Waals surface area contributed by atoms with Gasteiger partial charge in [-0.25, -0.2) is 4.79 Å². The molecule has 2 amide bonds. The Balaban J connectivity index is 1.99. The van der Waals surface area contributed by atoms with Gasteiger partial charge in [-0.3, -0.25) is 9.69 Å². The maximum atomic E-state index is 12.2. The van der Waals surface area contributed by atoms with E-state index in [4.69, 9.17) is 4.74 Å². The zero-order valence-corrected chi connectivity index (χ0v) is 10.8. The Labute approximate surface area is 111 Å². The van der Waals surface area contributed by atoms with E-state index in [2.05, 4.69) is 0 Å². The van der Waals surface area contributed by atoms with Crippen molar-refractivity contribution in [3.63, 3.8) is 0 Å². The lowest BCUT2D eigenvalue weighted by Gasteiger charge is -2.35. The monoisotopic (exact) mass is 260 g/mol. The van der Waals surface area contributed by atoms with Gasteiger partial charge in [0, 0.05) is 6.04 Å². The highest BCUT2D eigenvalue weighted by atomic mass is 16.6. The molecule has 0 saturated heterocycles. The third-order valence-electron chi connectivity index (χ3n) is 3.39. The van der Waals surface area contributed by atoms with E-state index >= 15 is 0 Å². The van der Waals surface area contributed by atoms with Crippen molar-refractivity contribution >= 4 is 23.4 Å². The maximum absolute atomic E-state index is 12.2. The number of ether oxygens (including phenoxy) is 1. The Morgan fingerprint density at radius 3 is 2.63 bits per heavy atom. The van der Waals surface area contributed by atoms with Gasteiger partial charge in [0.1, 0.15) is 6.54 Å². The SMILES string of the molecule is CCOC(=O)N1CC(=O)N(C2CC2)c2ccccc21. The van der Waals surface area contributed by atoms with Gasteiger partial charge < -0.3 is 9.64 Å². The largest absolute Gasteiger partial charge is 0.449 e. The van der Waals surface area contributed by atoms with Crippen LogP contribution in [0.1, 0.15) is 19.8 Å². The molecule has 0 aromatic heterocycles. The minimum Gasteiger partial charge on any atom is -0.449 e. The number of nitrogens with zero attached hydrogens (tertiary/aromatic N) is 2. The molecule has 0 atom stereocenters. The Kier molecular flexibility index (Phi) is 2.89. The second-order valence-electron chi connectivity index (χ2n) is 4.77. The molecule has 1 aliphatic carbocycles. The Hall–Kier alpha value is -2.04. The lowest BCUT2D eigenvalue weighted by atomic mass is 10.1. The minimum atomic E-state index is -0.459. The van der Waals surface area contributed by atoms with Crippen LogP contribution in [0.25, 0.3) is 0 Å². The van der Waals surface area contributed by atoms with Crippen LogP contribution in [-0.2, 0) is 9.53 Å². The van der Waals surface area contributed by atoms with Crippen molar-refractivity contribution in [3.8, 4) is 0 Å². The van der Waals surface area contributed by atoms with E-state index in [1.165, 1.54) is 4.90 Å². The van der Waals surface area contributed by atoms with E-state index in [0.717, 1.165) is 24.2 Å². The van der Waals surface area contributed by atoms with E-state index in [9.17, 15) is 9.59 Å². The average molecular weight is 260 g/mol. The zero-order valence-electron chi connectivity index (χ0n) is 10.8. The Morgan fingerprint density at radius 1 is 1.32 bits per heavy atom. The van der Waals surface area contributed by atoms with Crippen LogP contribution in [-0.4, -0.2) is 31.2 Å². The lowest BCUT2D eigenvalue weighted by molar-refractivity contribution is -0.117. The van der Waals surface area contributed by atoms with Gasteiger partial charge in [-0.2, -0.15) is 0 Å². The van der Waals surface area contributed by atoms with Crippen molar-refractivity contribution in [1.29, 1.82) is 0 Å². The number of anilines is 2. The van der Waals surface area contributed by atoms with Crippen molar-refractivity contribution in [2.45, 2.75) is 25.8 Å². The van der Waals surface area contributed by atoms with Gasteiger partial charge in [-0.1, -0.05) is 12.1 Å². The summed E-state index contributed by atoms with van der Waals surface area (Å²) in [6, 6.07) is 7.80. The highest BCUT2D eigenvalue weighted by Gasteiger charge is 2.40. The van der Waals surface area contributed by atoms with Crippen LogP contribution in [0, 0.1) is 0 Å². The first-order chi connectivity index (χ1) is 9.22. The number of amides is 2. The van der Waals surface area contributed by atoms with Gasteiger partial charge in [0.15, 0.2) is 0 Å². The van der Waals surface area contributed by atoms with Gasteiger partial charge in [-0.15, -0.1) is 0 Å². The number of hydrogen-bond donors (Lipinski definition) is 0. The number of benzene rings is 1. The number of carbonyl (C=O) groups excluding carboxylic acids is 2. The molecule has 5 heteroatoms. The molecule has 1 heterocycles. The molecule has 5 nitrogen and oxygen atoms in total. The average Bonchev–Trinajstić information content (AvgIpc) is 3.22. The number of fused-ring (bicyclic) bond motifs is 1. The van der Waals surface area contributed by atoms with E-state index in [0.29, 0.717) is 12.6 Å². The molecule has 0 radical (unpaired) electrons. The van der Waals surface area contributed by atoms with Crippen LogP contribution >= 0.6 is 0 Å². The summed E-state index contributed by atoms with van der Waals surface area (Å²) in [5, 5.41) is 0. The van der Waals surface area contributed by atoms with Crippen molar-refractivity contribution in [2.24, 2.45) is 0 Å². The fourth-order valence-electron chi connectivity index (χ4n) is 2.42. The molecule has 2 aliphatic rings. The van der Waals surface area contributed by atoms with Crippen LogP contribution in [0.5, 0.6) is 0 Å². The van der Waals surface area contributed by atoms with Gasteiger partial charge in [0.25, 0.3) is 0 Å². The molecular formula is C14H16N2O3. The summed E-state index contributed by atoms with van der Waals surface area (Å²) in [5.74, 6) is -0.0331. The second-order valence-corrected chi connectivity index (χ2v) is 4.77. The molecule has 1 aliphatic heterocycles. The first kappa shape index (κ1) is 12.0. The second kappa shape index (κ2) is 4.57. The number of hydrogen-bond acceptors (Lipinski definition) is 3. The van der Waals surface area contributed by atoms with Crippen molar-refractivity contribution < 1.29 is 14.3 Å². The predicted octanol–water partition coefficient (Wildman–Crippen LogP) is 2.16. The molecule has 0 spiro atoms. The summed E-state index contributed by atoms with van der Waals surface area (Å²) in [5.41, 5.74) is 1.57. The number of carbonyl (C=O) groups is 2. The quantitative estimate of drug-likeness (QED) is 0.818. The molecule has 1 aromatic carbocycles. The molecule has 0 bridgehead atoms. The van der Waals surface area contributed by atoms with Crippen LogP contribution in [0.15, 0.2) is 24.3 Å². The number of rotatable bonds is 2.